The molecular formula is C20H24N2O3. The molecule has 2 N–H and O–H groups in total. The predicted molar refractivity (Wildman–Crippen MR) is 96.3 cm³/mol. The van der Waals surface area contributed by atoms with Crippen molar-refractivity contribution in [3.63, 3.8) is 0 Å². The quantitative estimate of drug-likeness (QED) is 0.791. The zero-order valence-electron chi connectivity index (χ0n) is 14.7. The van der Waals surface area contributed by atoms with Crippen LogP contribution >= 0.6 is 0 Å². The number of ketones is 1. The van der Waals surface area contributed by atoms with E-state index in [9.17, 15) is 9.59 Å². The van der Waals surface area contributed by atoms with E-state index in [0.29, 0.717) is 17.8 Å². The van der Waals surface area contributed by atoms with Crippen LogP contribution in [0.25, 0.3) is 0 Å². The van der Waals surface area contributed by atoms with Crippen LogP contribution in [0.5, 0.6) is 5.75 Å². The third-order valence-corrected chi connectivity index (χ3v) is 5.16. The van der Waals surface area contributed by atoms with Crippen LogP contribution in [0, 0.1) is 0 Å². The van der Waals surface area contributed by atoms with E-state index in [1.807, 2.05) is 18.2 Å². The lowest BCUT2D eigenvalue weighted by atomic mass is 9.78. The third-order valence-electron chi connectivity index (χ3n) is 5.16. The van der Waals surface area contributed by atoms with Crippen molar-refractivity contribution in [3.8, 4) is 5.75 Å². The number of carbonyl (C=O) groups is 2. The van der Waals surface area contributed by atoms with Crippen molar-refractivity contribution >= 4 is 11.7 Å². The number of hydrogen-bond acceptors (Lipinski definition) is 3. The number of hydrogen-bond donors (Lipinski definition) is 2. The summed E-state index contributed by atoms with van der Waals surface area (Å²) >= 11 is 0. The van der Waals surface area contributed by atoms with Crippen LogP contribution < -0.4 is 10.1 Å². The van der Waals surface area contributed by atoms with Crippen LogP contribution in [-0.2, 0) is 5.41 Å². The second kappa shape index (κ2) is 7.13. The van der Waals surface area contributed by atoms with E-state index in [1.165, 1.54) is 6.92 Å². The molecule has 1 aliphatic carbocycles. The second-order valence-corrected chi connectivity index (χ2v) is 6.73. The van der Waals surface area contributed by atoms with E-state index in [-0.39, 0.29) is 17.1 Å². The third kappa shape index (κ3) is 3.45. The van der Waals surface area contributed by atoms with E-state index in [1.54, 1.807) is 19.4 Å². The molecule has 1 heterocycles. The van der Waals surface area contributed by atoms with Gasteiger partial charge in [0.1, 0.15) is 11.4 Å². The summed E-state index contributed by atoms with van der Waals surface area (Å²) in [6.45, 7) is 2.04. The number of benzene rings is 1. The SMILES string of the molecule is COc1ccccc1C1(CNC(=O)c2cc(C(C)=O)c[nH]2)CCCC1. The Morgan fingerprint density at radius 3 is 2.60 bits per heavy atom. The number of Topliss-reactive ketones (excluding diaryl/α,β-unsaturated/α-hetero) is 1. The fraction of sp³-hybridized carbons (Fsp3) is 0.400. The molecule has 0 aliphatic heterocycles. The number of carbonyl (C=O) groups excluding carboxylic acids is 2. The van der Waals surface area contributed by atoms with Crippen LogP contribution in [0.3, 0.4) is 0 Å². The minimum Gasteiger partial charge on any atom is -0.496 e. The van der Waals surface area contributed by atoms with E-state index >= 15 is 0 Å². The van der Waals surface area contributed by atoms with Gasteiger partial charge >= 0.3 is 0 Å². The molecule has 3 rings (SSSR count). The van der Waals surface area contributed by atoms with Crippen molar-refractivity contribution < 1.29 is 14.3 Å². The summed E-state index contributed by atoms with van der Waals surface area (Å²) in [7, 11) is 1.68. The van der Waals surface area contributed by atoms with Crippen LogP contribution in [0.2, 0.25) is 0 Å². The molecule has 0 atom stereocenters. The first kappa shape index (κ1) is 17.3. The minimum atomic E-state index is -0.186. The van der Waals surface area contributed by atoms with Gasteiger partial charge in [0.05, 0.1) is 7.11 Å². The Bertz CT molecular complexity index is 773. The molecule has 2 aromatic rings. The normalized spacial score (nSPS) is 15.8. The number of methoxy groups -OCH3 is 1. The molecular weight excluding hydrogens is 316 g/mol. The maximum Gasteiger partial charge on any atom is 0.267 e. The summed E-state index contributed by atoms with van der Waals surface area (Å²) in [4.78, 5) is 26.7. The molecule has 1 saturated carbocycles. The monoisotopic (exact) mass is 340 g/mol. The number of H-pyrrole nitrogens is 1. The summed E-state index contributed by atoms with van der Waals surface area (Å²) < 4.78 is 5.55. The minimum absolute atomic E-state index is 0.0587. The van der Waals surface area contributed by atoms with E-state index in [4.69, 9.17) is 4.74 Å². The van der Waals surface area contributed by atoms with E-state index in [0.717, 1.165) is 37.0 Å². The number of aromatic amines is 1. The highest BCUT2D eigenvalue weighted by Gasteiger charge is 2.38. The molecule has 5 heteroatoms. The first-order valence-corrected chi connectivity index (χ1v) is 8.67. The highest BCUT2D eigenvalue weighted by Crippen LogP contribution is 2.44. The van der Waals surface area contributed by atoms with Gasteiger partial charge in [-0.05, 0) is 31.9 Å². The number of rotatable bonds is 6. The number of ether oxygens (including phenoxy) is 1. The second-order valence-electron chi connectivity index (χ2n) is 6.73. The Labute approximate surface area is 147 Å². The Hall–Kier alpha value is -2.56. The average Bonchev–Trinajstić information content (AvgIpc) is 3.30. The first-order valence-electron chi connectivity index (χ1n) is 8.67. The lowest BCUT2D eigenvalue weighted by Crippen LogP contribution is -2.39. The summed E-state index contributed by atoms with van der Waals surface area (Å²) in [5.41, 5.74) is 1.99. The average molecular weight is 340 g/mol. The Morgan fingerprint density at radius 1 is 1.24 bits per heavy atom. The van der Waals surface area contributed by atoms with Crippen LogP contribution in [0.4, 0.5) is 0 Å². The van der Waals surface area contributed by atoms with Crippen molar-refractivity contribution in [2.24, 2.45) is 0 Å². The Kier molecular flexibility index (Phi) is 4.93. The fourth-order valence-electron chi connectivity index (χ4n) is 3.75. The topological polar surface area (TPSA) is 71.2 Å². The van der Waals surface area contributed by atoms with Gasteiger partial charge in [0.15, 0.2) is 5.78 Å². The maximum absolute atomic E-state index is 12.5. The molecule has 1 aliphatic rings. The molecule has 1 aromatic carbocycles. The van der Waals surface area contributed by atoms with Gasteiger partial charge in [0.25, 0.3) is 5.91 Å². The summed E-state index contributed by atoms with van der Waals surface area (Å²) in [6.07, 6.45) is 5.91. The number of para-hydroxylation sites is 1. The van der Waals surface area contributed by atoms with Crippen molar-refractivity contribution in [2.45, 2.75) is 38.0 Å². The maximum atomic E-state index is 12.5. The van der Waals surface area contributed by atoms with Gasteiger partial charge in [0.2, 0.25) is 0 Å². The predicted octanol–water partition coefficient (Wildman–Crippen LogP) is 3.47. The van der Waals surface area contributed by atoms with Gasteiger partial charge in [0, 0.05) is 29.3 Å². The largest absolute Gasteiger partial charge is 0.496 e. The van der Waals surface area contributed by atoms with Crippen LogP contribution in [0.15, 0.2) is 36.5 Å². The number of aromatic nitrogens is 1. The Balaban J connectivity index is 1.78. The lowest BCUT2D eigenvalue weighted by molar-refractivity contribution is 0.0938. The Morgan fingerprint density at radius 2 is 1.96 bits per heavy atom. The van der Waals surface area contributed by atoms with Gasteiger partial charge in [-0.25, -0.2) is 0 Å². The van der Waals surface area contributed by atoms with Crippen molar-refractivity contribution in [1.29, 1.82) is 0 Å². The molecule has 0 radical (unpaired) electrons. The molecule has 0 bridgehead atoms. The van der Waals surface area contributed by atoms with Gasteiger partial charge in [-0.3, -0.25) is 9.59 Å². The summed E-state index contributed by atoms with van der Waals surface area (Å²) in [5, 5.41) is 3.05. The molecule has 1 amide bonds. The smallest absolute Gasteiger partial charge is 0.267 e. The molecule has 5 nitrogen and oxygen atoms in total. The van der Waals surface area contributed by atoms with Crippen molar-refractivity contribution in [1.82, 2.24) is 10.3 Å². The van der Waals surface area contributed by atoms with E-state index in [2.05, 4.69) is 16.4 Å². The zero-order valence-corrected chi connectivity index (χ0v) is 14.7. The zero-order chi connectivity index (χ0) is 17.9. The summed E-state index contributed by atoms with van der Waals surface area (Å²) in [6, 6.07) is 9.65. The van der Waals surface area contributed by atoms with Crippen LogP contribution in [-0.4, -0.2) is 30.3 Å². The molecule has 0 unspecified atom stereocenters. The summed E-state index contributed by atoms with van der Waals surface area (Å²) in [5.74, 6) is 0.627. The van der Waals surface area contributed by atoms with Crippen LogP contribution in [0.1, 0.15) is 59.0 Å². The molecule has 0 saturated heterocycles. The molecule has 1 fully saturated rings. The van der Waals surface area contributed by atoms with Gasteiger partial charge < -0.3 is 15.0 Å². The highest BCUT2D eigenvalue weighted by molar-refractivity contribution is 5.99. The standard InChI is InChI=1S/C20H24N2O3/c1-14(23)15-11-17(21-12-15)19(24)22-13-20(9-5-6-10-20)16-7-3-4-8-18(16)25-2/h3-4,7-8,11-12,21H,5-6,9-10,13H2,1-2H3,(H,22,24). The van der Waals surface area contributed by atoms with Gasteiger partial charge in [-0.2, -0.15) is 0 Å². The molecule has 1 aromatic heterocycles. The van der Waals surface area contributed by atoms with Crippen molar-refractivity contribution in [3.05, 3.63) is 53.3 Å². The fourth-order valence-corrected chi connectivity index (χ4v) is 3.75. The first-order chi connectivity index (χ1) is 12.1. The van der Waals surface area contributed by atoms with E-state index < -0.39 is 0 Å². The number of amides is 1. The molecule has 25 heavy (non-hydrogen) atoms. The molecule has 132 valence electrons. The molecule has 0 spiro atoms. The lowest BCUT2D eigenvalue weighted by Gasteiger charge is -2.31. The van der Waals surface area contributed by atoms with Gasteiger partial charge in [-0.1, -0.05) is 31.0 Å². The number of nitrogens with one attached hydrogen (secondary N) is 2. The highest BCUT2D eigenvalue weighted by atomic mass is 16.5. The van der Waals surface area contributed by atoms with Gasteiger partial charge in [-0.15, -0.1) is 0 Å². The van der Waals surface area contributed by atoms with Crippen molar-refractivity contribution in [2.75, 3.05) is 13.7 Å².